The number of hydrogen-bond acceptors (Lipinski definition) is 10. The Hall–Kier alpha value is -4.56. The standard InChI is InChI=1S/C36H39Cl2N3O10/c1-47-36(46)29(41-35(45)32-27(37)16-23(17-28(32)38)34(44)39-19-21-7-6-8-24(42)13-21)20-40-33(43)22-14-25(50-30-9-2-4-11-48-30)18-26(15-22)51-31-10-3-5-12-49-31/h6-8,13-18,29-31,42H,2-5,9-12,19-20H2,1H3,(H,39,44)(H,40,43)(H,41,45)/t29-,30?,31?/m0/s1. The SMILES string of the molecule is COC(=O)[C@H](CNC(=O)c1cc(OC2CCCCO2)cc(OC2CCCCO2)c1)NC(=O)c1c(Cl)cc(C(=O)NCc2cccc(O)c2)cc1Cl. The number of benzene rings is 3. The van der Waals surface area contributed by atoms with Gasteiger partial charge in [0.25, 0.3) is 17.7 Å². The van der Waals surface area contributed by atoms with Crippen LogP contribution in [0, 0.1) is 0 Å². The number of hydrogen-bond donors (Lipinski definition) is 4. The summed E-state index contributed by atoms with van der Waals surface area (Å²) in [7, 11) is 1.14. The molecule has 2 fully saturated rings. The molecule has 3 atom stereocenters. The summed E-state index contributed by atoms with van der Waals surface area (Å²) in [5.41, 5.74) is 0.728. The zero-order valence-electron chi connectivity index (χ0n) is 27.9. The molecule has 13 nitrogen and oxygen atoms in total. The Labute approximate surface area is 304 Å². The molecule has 5 rings (SSSR count). The molecule has 0 aromatic heterocycles. The van der Waals surface area contributed by atoms with Gasteiger partial charge in [0, 0.05) is 43.1 Å². The second-order valence-electron chi connectivity index (χ2n) is 11.9. The Bertz CT molecular complexity index is 1670. The molecular weight excluding hydrogens is 705 g/mol. The molecule has 3 amide bonds. The lowest BCUT2D eigenvalue weighted by Crippen LogP contribution is -2.49. The molecular formula is C36H39Cl2N3O10. The van der Waals surface area contributed by atoms with Crippen molar-refractivity contribution in [1.82, 2.24) is 16.0 Å². The Kier molecular flexibility index (Phi) is 13.4. The summed E-state index contributed by atoms with van der Waals surface area (Å²) < 4.78 is 28.3. The number of rotatable bonds is 13. The molecule has 15 heteroatoms. The molecule has 272 valence electrons. The van der Waals surface area contributed by atoms with Gasteiger partial charge in [0.2, 0.25) is 0 Å². The van der Waals surface area contributed by atoms with Crippen LogP contribution in [0.4, 0.5) is 0 Å². The summed E-state index contributed by atoms with van der Waals surface area (Å²) in [6, 6.07) is 12.3. The first-order chi connectivity index (χ1) is 24.6. The van der Waals surface area contributed by atoms with E-state index in [1.54, 1.807) is 18.2 Å². The smallest absolute Gasteiger partial charge is 0.330 e. The number of methoxy groups -OCH3 is 1. The minimum atomic E-state index is -1.34. The van der Waals surface area contributed by atoms with Crippen molar-refractivity contribution in [2.75, 3.05) is 26.9 Å². The fourth-order valence-corrected chi connectivity index (χ4v) is 6.14. The van der Waals surface area contributed by atoms with E-state index >= 15 is 0 Å². The minimum Gasteiger partial charge on any atom is -0.508 e. The van der Waals surface area contributed by atoms with E-state index < -0.39 is 42.3 Å². The van der Waals surface area contributed by atoms with Gasteiger partial charge in [0.05, 0.1) is 35.9 Å². The maximum absolute atomic E-state index is 13.4. The first-order valence-electron chi connectivity index (χ1n) is 16.5. The summed E-state index contributed by atoms with van der Waals surface area (Å²) in [4.78, 5) is 52.3. The highest BCUT2D eigenvalue weighted by Crippen LogP contribution is 2.29. The molecule has 0 aliphatic carbocycles. The van der Waals surface area contributed by atoms with Crippen LogP contribution in [0.5, 0.6) is 17.2 Å². The third-order valence-electron chi connectivity index (χ3n) is 8.11. The van der Waals surface area contributed by atoms with Crippen LogP contribution in [0.15, 0.2) is 54.6 Å². The van der Waals surface area contributed by atoms with Crippen LogP contribution >= 0.6 is 23.2 Å². The topological polar surface area (TPSA) is 171 Å². The molecule has 2 heterocycles. The van der Waals surface area contributed by atoms with Crippen molar-refractivity contribution in [3.8, 4) is 17.2 Å². The van der Waals surface area contributed by atoms with E-state index in [0.29, 0.717) is 43.1 Å². The fraction of sp³-hybridized carbons (Fsp3) is 0.389. The van der Waals surface area contributed by atoms with Crippen molar-refractivity contribution < 1.29 is 48.0 Å². The number of phenolic OH excluding ortho intramolecular Hbond substituents is 1. The zero-order chi connectivity index (χ0) is 36.3. The van der Waals surface area contributed by atoms with Crippen molar-refractivity contribution in [2.24, 2.45) is 0 Å². The van der Waals surface area contributed by atoms with Gasteiger partial charge in [0.15, 0.2) is 12.6 Å². The van der Waals surface area contributed by atoms with Crippen LogP contribution in [0.1, 0.15) is 75.2 Å². The minimum absolute atomic E-state index is 0.0568. The van der Waals surface area contributed by atoms with E-state index in [2.05, 4.69) is 16.0 Å². The predicted octanol–water partition coefficient (Wildman–Crippen LogP) is 5.14. The average Bonchev–Trinajstić information content (AvgIpc) is 3.12. The Balaban J connectivity index is 1.25. The lowest BCUT2D eigenvalue weighted by Gasteiger charge is -2.26. The normalized spacial score (nSPS) is 17.8. The van der Waals surface area contributed by atoms with Gasteiger partial charge in [-0.25, -0.2) is 4.79 Å². The van der Waals surface area contributed by atoms with E-state index in [1.165, 1.54) is 36.4 Å². The van der Waals surface area contributed by atoms with Crippen LogP contribution in [-0.4, -0.2) is 74.3 Å². The maximum atomic E-state index is 13.4. The molecule has 3 aromatic rings. The molecule has 0 spiro atoms. The van der Waals surface area contributed by atoms with Crippen LogP contribution in [0.3, 0.4) is 0 Å². The van der Waals surface area contributed by atoms with Gasteiger partial charge < -0.3 is 44.7 Å². The molecule has 2 aliphatic heterocycles. The first-order valence-corrected chi connectivity index (χ1v) is 17.3. The fourth-order valence-electron chi connectivity index (χ4n) is 5.49. The summed E-state index contributed by atoms with van der Waals surface area (Å²) in [6.45, 7) is 0.901. The van der Waals surface area contributed by atoms with E-state index in [1.807, 2.05) is 0 Å². The van der Waals surface area contributed by atoms with Crippen molar-refractivity contribution >= 4 is 46.9 Å². The van der Waals surface area contributed by atoms with Crippen LogP contribution in [0.25, 0.3) is 0 Å². The molecule has 0 radical (unpaired) electrons. The van der Waals surface area contributed by atoms with Crippen molar-refractivity contribution in [3.05, 3.63) is 86.9 Å². The van der Waals surface area contributed by atoms with Gasteiger partial charge in [-0.2, -0.15) is 0 Å². The summed E-state index contributed by atoms with van der Waals surface area (Å²) in [6.07, 6.45) is 4.23. The summed E-state index contributed by atoms with van der Waals surface area (Å²) in [5.74, 6) is -2.01. The quantitative estimate of drug-likeness (QED) is 0.172. The van der Waals surface area contributed by atoms with Crippen molar-refractivity contribution in [1.29, 1.82) is 0 Å². The lowest BCUT2D eigenvalue weighted by molar-refractivity contribution is -0.142. The van der Waals surface area contributed by atoms with Gasteiger partial charge in [-0.15, -0.1) is 0 Å². The number of ether oxygens (including phenoxy) is 5. The van der Waals surface area contributed by atoms with E-state index in [-0.39, 0.29) is 45.6 Å². The average molecular weight is 745 g/mol. The van der Waals surface area contributed by atoms with Crippen LogP contribution in [-0.2, 0) is 25.5 Å². The third kappa shape index (κ3) is 10.7. The van der Waals surface area contributed by atoms with Crippen molar-refractivity contribution in [2.45, 2.75) is 63.7 Å². The largest absolute Gasteiger partial charge is 0.508 e. The van der Waals surface area contributed by atoms with Crippen LogP contribution < -0.4 is 25.4 Å². The number of halogens is 2. The van der Waals surface area contributed by atoms with Gasteiger partial charge in [-0.1, -0.05) is 35.3 Å². The maximum Gasteiger partial charge on any atom is 0.330 e. The Morgan fingerprint density at radius 3 is 1.94 bits per heavy atom. The molecule has 3 aromatic carbocycles. The second kappa shape index (κ2) is 18.1. The molecule has 4 N–H and O–H groups in total. The number of carbonyl (C=O) groups is 4. The molecule has 2 aliphatic rings. The monoisotopic (exact) mass is 743 g/mol. The van der Waals surface area contributed by atoms with Gasteiger partial charge in [-0.05, 0) is 67.6 Å². The van der Waals surface area contributed by atoms with Gasteiger partial charge in [0.1, 0.15) is 23.3 Å². The second-order valence-corrected chi connectivity index (χ2v) is 12.8. The third-order valence-corrected chi connectivity index (χ3v) is 8.70. The Morgan fingerprint density at radius 1 is 0.804 bits per heavy atom. The highest BCUT2D eigenvalue weighted by molar-refractivity contribution is 6.40. The summed E-state index contributed by atoms with van der Waals surface area (Å²) in [5, 5.41) is 17.2. The lowest BCUT2D eigenvalue weighted by atomic mass is 10.1. The van der Waals surface area contributed by atoms with E-state index in [9.17, 15) is 24.3 Å². The summed E-state index contributed by atoms with van der Waals surface area (Å²) >= 11 is 12.8. The highest BCUT2D eigenvalue weighted by atomic mass is 35.5. The molecule has 2 saturated heterocycles. The van der Waals surface area contributed by atoms with Gasteiger partial charge in [-0.3, -0.25) is 14.4 Å². The number of esters is 1. The highest BCUT2D eigenvalue weighted by Gasteiger charge is 2.27. The predicted molar refractivity (Wildman–Crippen MR) is 186 cm³/mol. The number of aromatic hydroxyl groups is 1. The number of amides is 3. The molecule has 51 heavy (non-hydrogen) atoms. The number of phenols is 1. The molecule has 0 bridgehead atoms. The van der Waals surface area contributed by atoms with Crippen molar-refractivity contribution in [3.63, 3.8) is 0 Å². The Morgan fingerprint density at radius 2 is 1.39 bits per heavy atom. The number of carbonyl (C=O) groups excluding carboxylic acids is 4. The van der Waals surface area contributed by atoms with Crippen LogP contribution in [0.2, 0.25) is 10.0 Å². The van der Waals surface area contributed by atoms with E-state index in [0.717, 1.165) is 32.8 Å². The molecule has 2 unspecified atom stereocenters. The van der Waals surface area contributed by atoms with E-state index in [4.69, 9.17) is 46.9 Å². The van der Waals surface area contributed by atoms with Gasteiger partial charge >= 0.3 is 5.97 Å². The molecule has 0 saturated carbocycles. The first kappa shape index (κ1) is 37.7. The zero-order valence-corrected chi connectivity index (χ0v) is 29.4. The number of nitrogens with one attached hydrogen (secondary N) is 3.